The van der Waals surface area contributed by atoms with Crippen molar-refractivity contribution in [1.29, 1.82) is 0 Å². The van der Waals surface area contributed by atoms with Crippen molar-refractivity contribution in [3.8, 4) is 0 Å². The Bertz CT molecular complexity index is 432. The molecule has 0 saturated carbocycles. The summed E-state index contributed by atoms with van der Waals surface area (Å²) in [5.41, 5.74) is 6.23. The molecule has 0 amide bonds. The molecule has 3 N–H and O–H groups in total. The fourth-order valence-corrected chi connectivity index (χ4v) is 2.08. The summed E-state index contributed by atoms with van der Waals surface area (Å²) >= 11 is 5.72. The predicted molar refractivity (Wildman–Crippen MR) is 64.0 cm³/mol. The predicted octanol–water partition coefficient (Wildman–Crippen LogP) is 1.01. The van der Waals surface area contributed by atoms with Gasteiger partial charge in [0.15, 0.2) is 5.82 Å². The molecule has 1 aliphatic heterocycles. The van der Waals surface area contributed by atoms with Crippen LogP contribution >= 0.6 is 11.6 Å². The van der Waals surface area contributed by atoms with E-state index in [1.54, 1.807) is 0 Å². The van der Waals surface area contributed by atoms with E-state index < -0.39 is 5.97 Å². The van der Waals surface area contributed by atoms with E-state index in [0.717, 1.165) is 0 Å². The first kappa shape index (κ1) is 11.9. The van der Waals surface area contributed by atoms with E-state index in [9.17, 15) is 4.79 Å². The molecule has 1 aliphatic rings. The van der Waals surface area contributed by atoms with Crippen molar-refractivity contribution in [2.45, 2.75) is 12.8 Å². The molecule has 1 fully saturated rings. The van der Waals surface area contributed by atoms with Crippen LogP contribution in [0.2, 0.25) is 5.28 Å². The molecule has 0 atom stereocenters. The summed E-state index contributed by atoms with van der Waals surface area (Å²) in [6.07, 6.45) is 2.65. The monoisotopic (exact) mass is 256 g/mol. The van der Waals surface area contributed by atoms with Crippen LogP contribution in [0.1, 0.15) is 12.8 Å². The number of rotatable bonds is 2. The zero-order valence-electron chi connectivity index (χ0n) is 9.14. The van der Waals surface area contributed by atoms with Crippen LogP contribution in [-0.4, -0.2) is 34.1 Å². The number of nitrogens with zero attached hydrogens (tertiary/aromatic N) is 3. The number of carbonyl (C=O) groups is 1. The Morgan fingerprint density at radius 1 is 1.53 bits per heavy atom. The lowest BCUT2D eigenvalue weighted by atomic mass is 9.97. The standard InChI is InChI=1S/C10H13ClN4O2/c11-10-13-5-7(12)8(14-10)15-3-1-6(2-4-15)9(16)17/h5-6H,1-4,12H2,(H,16,17). The highest BCUT2D eigenvalue weighted by Gasteiger charge is 2.26. The molecular weight excluding hydrogens is 244 g/mol. The summed E-state index contributed by atoms with van der Waals surface area (Å²) < 4.78 is 0. The van der Waals surface area contributed by atoms with E-state index >= 15 is 0 Å². The maximum Gasteiger partial charge on any atom is 0.306 e. The molecule has 1 saturated heterocycles. The van der Waals surface area contributed by atoms with Crippen LogP contribution in [0.3, 0.4) is 0 Å². The van der Waals surface area contributed by atoms with E-state index in [2.05, 4.69) is 9.97 Å². The second-order valence-corrected chi connectivity index (χ2v) is 4.36. The zero-order valence-corrected chi connectivity index (χ0v) is 9.89. The molecule has 17 heavy (non-hydrogen) atoms. The first-order valence-corrected chi connectivity index (χ1v) is 5.71. The summed E-state index contributed by atoms with van der Waals surface area (Å²) in [5.74, 6) is -0.419. The molecule has 2 heterocycles. The van der Waals surface area contributed by atoms with Gasteiger partial charge in [-0.1, -0.05) is 0 Å². The van der Waals surface area contributed by atoms with Gasteiger partial charge < -0.3 is 15.7 Å². The highest BCUT2D eigenvalue weighted by molar-refractivity contribution is 6.28. The zero-order chi connectivity index (χ0) is 12.4. The summed E-state index contributed by atoms with van der Waals surface area (Å²) in [5, 5.41) is 9.05. The van der Waals surface area contributed by atoms with Gasteiger partial charge in [0.2, 0.25) is 5.28 Å². The van der Waals surface area contributed by atoms with Gasteiger partial charge in [0.1, 0.15) is 0 Å². The van der Waals surface area contributed by atoms with Gasteiger partial charge in [-0.15, -0.1) is 0 Å². The number of carboxylic acids is 1. The minimum atomic E-state index is -0.738. The van der Waals surface area contributed by atoms with Gasteiger partial charge in [0.05, 0.1) is 17.8 Å². The molecule has 0 spiro atoms. The number of anilines is 2. The van der Waals surface area contributed by atoms with Gasteiger partial charge in [0.25, 0.3) is 0 Å². The number of nitrogen functional groups attached to an aromatic ring is 1. The summed E-state index contributed by atoms with van der Waals surface area (Å²) in [7, 11) is 0. The van der Waals surface area contributed by atoms with E-state index in [4.69, 9.17) is 22.4 Å². The van der Waals surface area contributed by atoms with Crippen LogP contribution in [0.25, 0.3) is 0 Å². The molecule has 1 aromatic heterocycles. The number of hydrogen-bond donors (Lipinski definition) is 2. The first-order chi connectivity index (χ1) is 8.08. The fraction of sp³-hybridized carbons (Fsp3) is 0.500. The molecule has 0 aliphatic carbocycles. The summed E-state index contributed by atoms with van der Waals surface area (Å²) in [4.78, 5) is 20.6. The van der Waals surface area contributed by atoms with Crippen molar-refractivity contribution in [2.75, 3.05) is 23.7 Å². The summed E-state index contributed by atoms with van der Waals surface area (Å²) in [6.45, 7) is 1.24. The van der Waals surface area contributed by atoms with E-state index in [1.165, 1.54) is 6.20 Å². The lowest BCUT2D eigenvalue weighted by Crippen LogP contribution is -2.37. The Kier molecular flexibility index (Phi) is 3.33. The van der Waals surface area contributed by atoms with Crippen molar-refractivity contribution in [2.24, 2.45) is 5.92 Å². The van der Waals surface area contributed by atoms with E-state index in [-0.39, 0.29) is 11.2 Å². The minimum Gasteiger partial charge on any atom is -0.481 e. The minimum absolute atomic E-state index is 0.148. The number of aliphatic carboxylic acids is 1. The van der Waals surface area contributed by atoms with Gasteiger partial charge in [-0.2, -0.15) is 4.98 Å². The number of nitrogens with two attached hydrogens (primary N) is 1. The molecule has 0 unspecified atom stereocenters. The highest BCUT2D eigenvalue weighted by atomic mass is 35.5. The average molecular weight is 257 g/mol. The van der Waals surface area contributed by atoms with Crippen molar-refractivity contribution in [3.63, 3.8) is 0 Å². The van der Waals surface area contributed by atoms with Crippen LogP contribution in [-0.2, 0) is 4.79 Å². The van der Waals surface area contributed by atoms with Gasteiger partial charge in [-0.05, 0) is 24.4 Å². The molecule has 0 bridgehead atoms. The van der Waals surface area contributed by atoms with Crippen LogP contribution < -0.4 is 10.6 Å². The molecule has 92 valence electrons. The molecule has 0 aromatic carbocycles. The number of halogens is 1. The van der Waals surface area contributed by atoms with E-state index in [0.29, 0.717) is 37.4 Å². The maximum atomic E-state index is 10.8. The molecule has 2 rings (SSSR count). The van der Waals surface area contributed by atoms with Crippen molar-refractivity contribution in [3.05, 3.63) is 11.5 Å². The van der Waals surface area contributed by atoms with Crippen molar-refractivity contribution >= 4 is 29.1 Å². The molecule has 1 aromatic rings. The average Bonchev–Trinajstić information content (AvgIpc) is 2.32. The second-order valence-electron chi connectivity index (χ2n) is 4.02. The number of hydrogen-bond acceptors (Lipinski definition) is 5. The van der Waals surface area contributed by atoms with Crippen molar-refractivity contribution in [1.82, 2.24) is 9.97 Å². The van der Waals surface area contributed by atoms with Crippen molar-refractivity contribution < 1.29 is 9.90 Å². The molecule has 6 nitrogen and oxygen atoms in total. The Hall–Kier alpha value is -1.56. The van der Waals surface area contributed by atoms with Crippen LogP contribution in [0, 0.1) is 5.92 Å². The molecule has 0 radical (unpaired) electrons. The van der Waals surface area contributed by atoms with Crippen LogP contribution in [0.4, 0.5) is 11.5 Å². The number of piperidine rings is 1. The fourth-order valence-electron chi connectivity index (χ4n) is 1.95. The second kappa shape index (κ2) is 4.75. The maximum absolute atomic E-state index is 10.8. The largest absolute Gasteiger partial charge is 0.481 e. The van der Waals surface area contributed by atoms with Gasteiger partial charge in [-0.3, -0.25) is 4.79 Å². The Labute approximate surface area is 103 Å². The smallest absolute Gasteiger partial charge is 0.306 e. The Morgan fingerprint density at radius 2 is 2.18 bits per heavy atom. The third kappa shape index (κ3) is 2.58. The normalized spacial score (nSPS) is 17.1. The quantitative estimate of drug-likeness (QED) is 0.768. The van der Waals surface area contributed by atoms with Gasteiger partial charge >= 0.3 is 5.97 Å². The summed E-state index contributed by atoms with van der Waals surface area (Å²) in [6, 6.07) is 0. The Balaban J connectivity index is 2.10. The third-order valence-electron chi connectivity index (χ3n) is 2.91. The van der Waals surface area contributed by atoms with E-state index in [1.807, 2.05) is 4.90 Å². The van der Waals surface area contributed by atoms with Gasteiger partial charge in [-0.25, -0.2) is 4.98 Å². The molecule has 7 heteroatoms. The van der Waals surface area contributed by atoms with Crippen LogP contribution in [0.15, 0.2) is 6.20 Å². The Morgan fingerprint density at radius 3 is 2.76 bits per heavy atom. The lowest BCUT2D eigenvalue weighted by molar-refractivity contribution is -0.142. The van der Waals surface area contributed by atoms with Crippen LogP contribution in [0.5, 0.6) is 0 Å². The number of carboxylic acid groups (broad SMARTS) is 1. The first-order valence-electron chi connectivity index (χ1n) is 5.33. The number of aromatic nitrogens is 2. The SMILES string of the molecule is Nc1cnc(Cl)nc1N1CCC(C(=O)O)CC1. The topological polar surface area (TPSA) is 92.3 Å². The van der Waals surface area contributed by atoms with Gasteiger partial charge in [0, 0.05) is 13.1 Å². The highest BCUT2D eigenvalue weighted by Crippen LogP contribution is 2.26. The third-order valence-corrected chi connectivity index (χ3v) is 3.09. The molecular formula is C10H13ClN4O2. The lowest BCUT2D eigenvalue weighted by Gasteiger charge is -2.31.